The van der Waals surface area contributed by atoms with Gasteiger partial charge >= 0.3 is 5.69 Å². The van der Waals surface area contributed by atoms with E-state index in [1.807, 2.05) is 70.1 Å². The van der Waals surface area contributed by atoms with E-state index >= 15 is 0 Å². The minimum absolute atomic E-state index is 0.0723. The molecule has 1 saturated heterocycles. The van der Waals surface area contributed by atoms with Crippen molar-refractivity contribution in [2.24, 2.45) is 0 Å². The predicted octanol–water partition coefficient (Wildman–Crippen LogP) is 4.02. The number of hydrogen-bond acceptors (Lipinski definition) is 4. The first-order chi connectivity index (χ1) is 17.6. The van der Waals surface area contributed by atoms with Crippen LogP contribution in [0.2, 0.25) is 0 Å². The van der Waals surface area contributed by atoms with Gasteiger partial charge in [0.05, 0.1) is 11.7 Å². The molecule has 188 valence electrons. The van der Waals surface area contributed by atoms with E-state index in [0.717, 1.165) is 54.7 Å². The number of benzene rings is 2. The van der Waals surface area contributed by atoms with E-state index in [2.05, 4.69) is 22.2 Å². The Bertz CT molecular complexity index is 1240. The highest BCUT2D eigenvalue weighted by atomic mass is 16.2. The summed E-state index contributed by atoms with van der Waals surface area (Å²) in [7, 11) is 0. The zero-order valence-electron chi connectivity index (χ0n) is 20.7. The third-order valence-electron chi connectivity index (χ3n) is 7.41. The van der Waals surface area contributed by atoms with Crippen molar-refractivity contribution in [1.29, 1.82) is 0 Å². The summed E-state index contributed by atoms with van der Waals surface area (Å²) in [6.45, 7) is 6.71. The van der Waals surface area contributed by atoms with Crippen LogP contribution in [0.3, 0.4) is 0 Å². The van der Waals surface area contributed by atoms with Crippen LogP contribution in [-0.2, 0) is 0 Å². The number of aromatic amines is 1. The van der Waals surface area contributed by atoms with Crippen molar-refractivity contribution in [3.05, 3.63) is 89.0 Å². The number of amides is 1. The molecule has 3 N–H and O–H groups in total. The summed E-state index contributed by atoms with van der Waals surface area (Å²) < 4.78 is 1.86. The Morgan fingerprint density at radius 3 is 2.42 bits per heavy atom. The first-order valence-corrected chi connectivity index (χ1v) is 13.0. The number of rotatable bonds is 7. The van der Waals surface area contributed by atoms with E-state index in [-0.39, 0.29) is 23.7 Å². The molecule has 1 aliphatic carbocycles. The van der Waals surface area contributed by atoms with Gasteiger partial charge in [-0.1, -0.05) is 86.5 Å². The molecule has 2 aromatic carbocycles. The molecule has 3 aromatic rings. The molecule has 7 nitrogen and oxygen atoms in total. The van der Waals surface area contributed by atoms with E-state index in [4.69, 9.17) is 0 Å². The van der Waals surface area contributed by atoms with Crippen LogP contribution in [0.25, 0.3) is 17.0 Å². The van der Waals surface area contributed by atoms with Gasteiger partial charge in [0, 0.05) is 43.5 Å². The van der Waals surface area contributed by atoms with Crippen molar-refractivity contribution in [2.45, 2.75) is 44.2 Å². The third-order valence-corrected chi connectivity index (χ3v) is 7.41. The van der Waals surface area contributed by atoms with Crippen molar-refractivity contribution in [3.8, 4) is 11.3 Å². The molecular weight excluding hydrogens is 450 g/mol. The minimum atomic E-state index is -0.189. The Kier molecular flexibility index (Phi) is 7.37. The van der Waals surface area contributed by atoms with Crippen LogP contribution in [-0.4, -0.2) is 52.6 Å². The highest BCUT2D eigenvalue weighted by Crippen LogP contribution is 2.33. The van der Waals surface area contributed by atoms with Crippen molar-refractivity contribution >= 4 is 11.6 Å². The molecule has 7 heteroatoms. The Labute approximate surface area is 212 Å². The van der Waals surface area contributed by atoms with Crippen LogP contribution in [0.5, 0.6) is 0 Å². The molecule has 1 amide bonds. The number of nitrogens with zero attached hydrogens (tertiary/aromatic N) is 2. The molecular formula is C29H35N5O2. The molecule has 5 rings (SSSR count). The molecule has 0 unspecified atom stereocenters. The lowest BCUT2D eigenvalue weighted by Gasteiger charge is -2.36. The fourth-order valence-electron chi connectivity index (χ4n) is 5.51. The maximum absolute atomic E-state index is 14.0. The smallest absolute Gasteiger partial charge is 0.326 e. The molecule has 1 aliphatic heterocycles. The molecule has 0 bridgehead atoms. The van der Waals surface area contributed by atoms with Gasteiger partial charge < -0.3 is 20.5 Å². The fourth-order valence-corrected chi connectivity index (χ4v) is 5.51. The molecule has 0 radical (unpaired) electrons. The van der Waals surface area contributed by atoms with Crippen LogP contribution in [0, 0.1) is 0 Å². The largest absolute Gasteiger partial charge is 0.383 e. The van der Waals surface area contributed by atoms with Gasteiger partial charge in [0.25, 0.3) is 5.91 Å². The minimum Gasteiger partial charge on any atom is -0.383 e. The van der Waals surface area contributed by atoms with Gasteiger partial charge in [-0.05, 0) is 18.4 Å². The number of aromatic nitrogens is 2. The van der Waals surface area contributed by atoms with Crippen molar-refractivity contribution < 1.29 is 4.79 Å². The molecule has 2 aliphatic rings. The number of piperazine rings is 1. The quantitative estimate of drug-likeness (QED) is 0.472. The molecule has 1 saturated carbocycles. The van der Waals surface area contributed by atoms with Crippen molar-refractivity contribution in [1.82, 2.24) is 25.1 Å². The molecule has 1 atom stereocenters. The first-order valence-electron chi connectivity index (χ1n) is 13.0. The maximum Gasteiger partial charge on any atom is 0.326 e. The van der Waals surface area contributed by atoms with Crippen LogP contribution < -0.4 is 16.3 Å². The van der Waals surface area contributed by atoms with Gasteiger partial charge in [0.1, 0.15) is 5.69 Å². The van der Waals surface area contributed by atoms with Gasteiger partial charge in [0.15, 0.2) is 0 Å². The van der Waals surface area contributed by atoms with E-state index < -0.39 is 0 Å². The third kappa shape index (κ3) is 5.02. The molecule has 1 aromatic heterocycles. The molecule has 2 fully saturated rings. The normalized spacial score (nSPS) is 18.7. The van der Waals surface area contributed by atoms with Crippen molar-refractivity contribution in [2.75, 3.05) is 26.2 Å². The number of carbonyl (C=O) groups is 1. The lowest BCUT2D eigenvalue weighted by atomic mass is 9.94. The topological polar surface area (TPSA) is 82.2 Å². The maximum atomic E-state index is 14.0. The molecule has 2 heterocycles. The molecule has 0 spiro atoms. The number of carbonyl (C=O) groups excluding carboxylic acids is 1. The van der Waals surface area contributed by atoms with Gasteiger partial charge in [-0.2, -0.15) is 0 Å². The number of nitrogens with one attached hydrogen (secondary N) is 3. The zero-order valence-corrected chi connectivity index (χ0v) is 20.7. The summed E-state index contributed by atoms with van der Waals surface area (Å²) in [6.07, 6.45) is 5.35. The lowest BCUT2D eigenvalue weighted by Crippen LogP contribution is -2.57. The van der Waals surface area contributed by atoms with Crippen LogP contribution in [0.4, 0.5) is 0 Å². The van der Waals surface area contributed by atoms with E-state index in [1.165, 1.54) is 6.42 Å². The summed E-state index contributed by atoms with van der Waals surface area (Å²) >= 11 is 0. The highest BCUT2D eigenvalue weighted by molar-refractivity contribution is 5.98. The van der Waals surface area contributed by atoms with Gasteiger partial charge in [-0.25, -0.2) is 4.79 Å². The lowest BCUT2D eigenvalue weighted by molar-refractivity contribution is 0.0634. The molecule has 36 heavy (non-hydrogen) atoms. The van der Waals surface area contributed by atoms with E-state index in [0.29, 0.717) is 25.3 Å². The average Bonchev–Trinajstić information content (AvgIpc) is 3.30. The van der Waals surface area contributed by atoms with Gasteiger partial charge in [0.2, 0.25) is 0 Å². The predicted molar refractivity (Wildman–Crippen MR) is 144 cm³/mol. The van der Waals surface area contributed by atoms with E-state index in [9.17, 15) is 9.59 Å². The second kappa shape index (κ2) is 11.0. The van der Waals surface area contributed by atoms with Crippen LogP contribution in [0.1, 0.15) is 54.2 Å². The Morgan fingerprint density at radius 1 is 1.00 bits per heavy atom. The Morgan fingerprint density at radius 2 is 1.69 bits per heavy atom. The second-order valence-corrected chi connectivity index (χ2v) is 9.76. The monoisotopic (exact) mass is 485 g/mol. The summed E-state index contributed by atoms with van der Waals surface area (Å²) in [5.74, 6) is -0.126. The van der Waals surface area contributed by atoms with Gasteiger partial charge in [-0.3, -0.25) is 9.36 Å². The number of imidazole rings is 1. The summed E-state index contributed by atoms with van der Waals surface area (Å²) in [6, 6.07) is 19.9. The average molecular weight is 486 g/mol. The Balaban J connectivity index is 1.44. The summed E-state index contributed by atoms with van der Waals surface area (Å²) in [5.41, 5.74) is 3.68. The van der Waals surface area contributed by atoms with Gasteiger partial charge in [-0.15, -0.1) is 0 Å². The Hall–Kier alpha value is -3.58. The SMILES string of the molecule is C=C(NC[C@@H]1CNCCN1C(=O)c1[nH]c(=O)n(C2CCCCC2)c1-c1ccccc1)c1ccccc1. The number of H-pyrrole nitrogens is 1. The van der Waals surface area contributed by atoms with Crippen molar-refractivity contribution in [3.63, 3.8) is 0 Å². The first kappa shape index (κ1) is 24.1. The van der Waals surface area contributed by atoms with E-state index in [1.54, 1.807) is 0 Å². The number of hydrogen-bond donors (Lipinski definition) is 3. The highest BCUT2D eigenvalue weighted by Gasteiger charge is 2.33. The standard InChI is InChI=1S/C29H35N5O2/c1-21(22-11-5-2-6-12-22)31-20-25-19-30-17-18-33(25)28(35)26-27(23-13-7-3-8-14-23)34(29(36)32-26)24-15-9-4-10-16-24/h2-3,5-8,11-14,24-25,30-31H,1,4,9-10,15-20H2,(H,32,36)/t25-/m0/s1. The fraction of sp³-hybridized carbons (Fsp3) is 0.379. The summed E-state index contributed by atoms with van der Waals surface area (Å²) in [5, 5.41) is 6.82. The van der Waals surface area contributed by atoms with Crippen LogP contribution in [0.15, 0.2) is 72.0 Å². The second-order valence-electron chi connectivity index (χ2n) is 9.76. The summed E-state index contributed by atoms with van der Waals surface area (Å²) in [4.78, 5) is 32.2. The zero-order chi connectivity index (χ0) is 24.9. The van der Waals surface area contributed by atoms with Crippen LogP contribution >= 0.6 is 0 Å².